The van der Waals surface area contributed by atoms with Crippen LogP contribution in [-0.2, 0) is 4.79 Å². The highest BCUT2D eigenvalue weighted by Crippen LogP contribution is 2.12. The van der Waals surface area contributed by atoms with Gasteiger partial charge in [0.15, 0.2) is 11.6 Å². The first kappa shape index (κ1) is 15.5. The average Bonchev–Trinajstić information content (AvgIpc) is 2.33. The molecule has 19 heavy (non-hydrogen) atoms. The van der Waals surface area contributed by atoms with Crippen molar-refractivity contribution in [2.45, 2.75) is 6.42 Å². The molecule has 0 aliphatic heterocycles. The maximum absolute atomic E-state index is 12.9. The Balaban J connectivity index is 2.25. The Morgan fingerprint density at radius 1 is 1.26 bits per heavy atom. The van der Waals surface area contributed by atoms with Crippen LogP contribution in [0, 0.1) is 11.6 Å². The van der Waals surface area contributed by atoms with Gasteiger partial charge in [-0.1, -0.05) is 0 Å². The molecular formula is C13H19F2N3O. The van der Waals surface area contributed by atoms with Crippen LogP contribution in [0.5, 0.6) is 0 Å². The van der Waals surface area contributed by atoms with Crippen LogP contribution in [0.2, 0.25) is 0 Å². The monoisotopic (exact) mass is 271 g/mol. The number of carbonyl (C=O) groups is 1. The lowest BCUT2D eigenvalue weighted by Gasteiger charge is -2.10. The summed E-state index contributed by atoms with van der Waals surface area (Å²) in [6.45, 7) is 1.81. The Morgan fingerprint density at radius 2 is 2.00 bits per heavy atom. The molecule has 0 radical (unpaired) electrons. The molecule has 0 spiro atoms. The van der Waals surface area contributed by atoms with Crippen molar-refractivity contribution in [3.8, 4) is 0 Å². The predicted octanol–water partition coefficient (Wildman–Crippen LogP) is 1.44. The van der Waals surface area contributed by atoms with Crippen molar-refractivity contribution in [1.82, 2.24) is 10.2 Å². The standard InChI is InChI=1S/C13H19F2N3O/c1-18(2)7-3-6-16-9-13(19)17-10-4-5-11(14)12(15)8-10/h4-5,8,16H,3,6-7,9H2,1-2H3,(H,17,19). The second kappa shape index (κ2) is 7.81. The molecule has 0 bridgehead atoms. The van der Waals surface area contributed by atoms with E-state index in [4.69, 9.17) is 0 Å². The second-order valence-corrected chi connectivity index (χ2v) is 4.51. The fourth-order valence-electron chi connectivity index (χ4n) is 1.50. The third-order valence-corrected chi connectivity index (χ3v) is 2.45. The van der Waals surface area contributed by atoms with Gasteiger partial charge in [-0.05, 0) is 45.7 Å². The SMILES string of the molecule is CN(C)CCCNCC(=O)Nc1ccc(F)c(F)c1. The number of hydrogen-bond acceptors (Lipinski definition) is 3. The lowest BCUT2D eigenvalue weighted by atomic mass is 10.3. The summed E-state index contributed by atoms with van der Waals surface area (Å²) in [4.78, 5) is 13.6. The summed E-state index contributed by atoms with van der Waals surface area (Å²) in [6, 6.07) is 3.26. The van der Waals surface area contributed by atoms with Crippen molar-refractivity contribution >= 4 is 11.6 Å². The van der Waals surface area contributed by atoms with Gasteiger partial charge in [0.1, 0.15) is 0 Å². The number of hydrogen-bond donors (Lipinski definition) is 2. The van der Waals surface area contributed by atoms with Crippen LogP contribution >= 0.6 is 0 Å². The van der Waals surface area contributed by atoms with Gasteiger partial charge in [0.05, 0.1) is 6.54 Å². The number of nitrogens with one attached hydrogen (secondary N) is 2. The fourth-order valence-corrected chi connectivity index (χ4v) is 1.50. The van der Waals surface area contributed by atoms with Gasteiger partial charge in [0.2, 0.25) is 5.91 Å². The molecule has 0 fully saturated rings. The van der Waals surface area contributed by atoms with E-state index < -0.39 is 11.6 Å². The molecule has 1 rings (SSSR count). The topological polar surface area (TPSA) is 44.4 Å². The molecule has 6 heteroatoms. The van der Waals surface area contributed by atoms with Crippen molar-refractivity contribution in [2.75, 3.05) is 39.0 Å². The van der Waals surface area contributed by atoms with Crippen LogP contribution in [-0.4, -0.2) is 44.5 Å². The molecule has 0 aliphatic carbocycles. The van der Waals surface area contributed by atoms with E-state index in [9.17, 15) is 13.6 Å². The molecule has 106 valence electrons. The van der Waals surface area contributed by atoms with E-state index in [1.165, 1.54) is 6.07 Å². The molecule has 4 nitrogen and oxygen atoms in total. The van der Waals surface area contributed by atoms with E-state index in [0.29, 0.717) is 0 Å². The smallest absolute Gasteiger partial charge is 0.238 e. The number of anilines is 1. The number of nitrogens with zero attached hydrogens (tertiary/aromatic N) is 1. The zero-order valence-corrected chi connectivity index (χ0v) is 11.2. The number of halogens is 2. The quantitative estimate of drug-likeness (QED) is 0.738. The summed E-state index contributed by atoms with van der Waals surface area (Å²) >= 11 is 0. The third kappa shape index (κ3) is 6.26. The van der Waals surface area contributed by atoms with Crippen LogP contribution in [0.4, 0.5) is 14.5 Å². The Hall–Kier alpha value is -1.53. The molecule has 1 aromatic rings. The lowest BCUT2D eigenvalue weighted by Crippen LogP contribution is -2.30. The van der Waals surface area contributed by atoms with Gasteiger partial charge >= 0.3 is 0 Å². The van der Waals surface area contributed by atoms with Crippen LogP contribution in [0.3, 0.4) is 0 Å². The molecule has 0 aromatic heterocycles. The summed E-state index contributed by atoms with van der Waals surface area (Å²) in [5.41, 5.74) is 0.249. The van der Waals surface area contributed by atoms with Crippen LogP contribution in [0.25, 0.3) is 0 Å². The van der Waals surface area contributed by atoms with Gasteiger partial charge < -0.3 is 15.5 Å². The number of rotatable bonds is 7. The number of amides is 1. The minimum absolute atomic E-state index is 0.145. The molecule has 0 atom stereocenters. The van der Waals surface area contributed by atoms with E-state index in [0.717, 1.165) is 31.6 Å². The normalized spacial score (nSPS) is 10.8. The average molecular weight is 271 g/mol. The predicted molar refractivity (Wildman–Crippen MR) is 71.0 cm³/mol. The maximum atomic E-state index is 12.9. The van der Waals surface area contributed by atoms with Crippen molar-refractivity contribution in [3.05, 3.63) is 29.8 Å². The molecule has 2 N–H and O–H groups in total. The van der Waals surface area contributed by atoms with Crippen molar-refractivity contribution in [2.24, 2.45) is 0 Å². The van der Waals surface area contributed by atoms with E-state index in [1.807, 2.05) is 14.1 Å². The molecule has 1 aromatic carbocycles. The van der Waals surface area contributed by atoms with Crippen molar-refractivity contribution < 1.29 is 13.6 Å². The molecule has 0 heterocycles. The van der Waals surface area contributed by atoms with Gasteiger partial charge in [-0.3, -0.25) is 4.79 Å². The van der Waals surface area contributed by atoms with Crippen LogP contribution in [0.15, 0.2) is 18.2 Å². The van der Waals surface area contributed by atoms with E-state index >= 15 is 0 Å². The fraction of sp³-hybridized carbons (Fsp3) is 0.462. The van der Waals surface area contributed by atoms with Gasteiger partial charge in [-0.25, -0.2) is 8.78 Å². The van der Waals surface area contributed by atoms with Crippen LogP contribution < -0.4 is 10.6 Å². The van der Waals surface area contributed by atoms with Crippen LogP contribution in [0.1, 0.15) is 6.42 Å². The highest BCUT2D eigenvalue weighted by Gasteiger charge is 2.05. The summed E-state index contributed by atoms with van der Waals surface area (Å²) in [5.74, 6) is -2.19. The molecular weight excluding hydrogens is 252 g/mol. The number of carbonyl (C=O) groups excluding carboxylic acids is 1. The van der Waals surface area contributed by atoms with Gasteiger partial charge in [0.25, 0.3) is 0 Å². The molecule has 0 aliphatic rings. The minimum Gasteiger partial charge on any atom is -0.325 e. The highest BCUT2D eigenvalue weighted by molar-refractivity contribution is 5.92. The van der Waals surface area contributed by atoms with E-state index in [2.05, 4.69) is 15.5 Å². The molecule has 1 amide bonds. The first-order valence-electron chi connectivity index (χ1n) is 6.09. The lowest BCUT2D eigenvalue weighted by molar-refractivity contribution is -0.115. The first-order valence-corrected chi connectivity index (χ1v) is 6.09. The summed E-state index contributed by atoms with van der Waals surface area (Å²) < 4.78 is 25.6. The van der Waals surface area contributed by atoms with Crippen molar-refractivity contribution in [3.63, 3.8) is 0 Å². The third-order valence-electron chi connectivity index (χ3n) is 2.45. The summed E-state index contributed by atoms with van der Waals surface area (Å²) in [6.07, 6.45) is 0.936. The molecule has 0 unspecified atom stereocenters. The first-order chi connectivity index (χ1) is 8.99. The highest BCUT2D eigenvalue weighted by atomic mass is 19.2. The zero-order chi connectivity index (χ0) is 14.3. The minimum atomic E-state index is -0.975. The van der Waals surface area contributed by atoms with Gasteiger partial charge in [-0.15, -0.1) is 0 Å². The Labute approximate surface area is 111 Å². The summed E-state index contributed by atoms with van der Waals surface area (Å²) in [5, 5.41) is 5.47. The Bertz CT molecular complexity index is 424. The Morgan fingerprint density at radius 3 is 2.63 bits per heavy atom. The molecule has 0 saturated carbocycles. The molecule has 0 saturated heterocycles. The largest absolute Gasteiger partial charge is 0.325 e. The zero-order valence-electron chi connectivity index (χ0n) is 11.2. The van der Waals surface area contributed by atoms with E-state index in [-0.39, 0.29) is 18.1 Å². The van der Waals surface area contributed by atoms with Gasteiger partial charge in [0, 0.05) is 11.8 Å². The number of benzene rings is 1. The van der Waals surface area contributed by atoms with Gasteiger partial charge in [-0.2, -0.15) is 0 Å². The van der Waals surface area contributed by atoms with Crippen molar-refractivity contribution in [1.29, 1.82) is 0 Å². The van der Waals surface area contributed by atoms with E-state index in [1.54, 1.807) is 0 Å². The maximum Gasteiger partial charge on any atom is 0.238 e. The Kier molecular flexibility index (Phi) is 6.38. The summed E-state index contributed by atoms with van der Waals surface area (Å²) in [7, 11) is 3.96. The second-order valence-electron chi connectivity index (χ2n) is 4.51.